The van der Waals surface area contributed by atoms with Gasteiger partial charge >= 0.3 is 0 Å². The van der Waals surface area contributed by atoms with E-state index < -0.39 is 11.6 Å². The Hall–Kier alpha value is -2.50. The first-order valence-electron chi connectivity index (χ1n) is 6.41. The molecule has 0 bridgehead atoms. The van der Waals surface area contributed by atoms with E-state index in [-0.39, 0.29) is 18.3 Å². The second-order valence-corrected chi connectivity index (χ2v) is 4.71. The predicted octanol–water partition coefficient (Wildman–Crippen LogP) is 2.22. The highest BCUT2D eigenvalue weighted by atomic mass is 19.1. The Morgan fingerprint density at radius 2 is 1.86 bits per heavy atom. The van der Waals surface area contributed by atoms with Crippen LogP contribution in [0.25, 0.3) is 0 Å². The fourth-order valence-electron chi connectivity index (χ4n) is 2.00. The molecule has 0 saturated heterocycles. The van der Waals surface area contributed by atoms with Gasteiger partial charge in [0.05, 0.1) is 0 Å². The Labute approximate surface area is 121 Å². The summed E-state index contributed by atoms with van der Waals surface area (Å²) in [4.78, 5) is 15.9. The van der Waals surface area contributed by atoms with E-state index in [4.69, 9.17) is 5.73 Å². The van der Waals surface area contributed by atoms with Gasteiger partial charge in [-0.3, -0.25) is 4.79 Å². The monoisotopic (exact) mass is 291 g/mol. The summed E-state index contributed by atoms with van der Waals surface area (Å²) in [6.07, 6.45) is 0.333. The van der Waals surface area contributed by atoms with Crippen molar-refractivity contribution in [2.75, 3.05) is 12.3 Å². The van der Waals surface area contributed by atoms with Crippen molar-refractivity contribution in [1.29, 1.82) is 0 Å². The van der Waals surface area contributed by atoms with Gasteiger partial charge in [-0.2, -0.15) is 0 Å². The first-order valence-corrected chi connectivity index (χ1v) is 6.41. The molecule has 6 heteroatoms. The maximum atomic E-state index is 13.0. The van der Waals surface area contributed by atoms with Gasteiger partial charge in [-0.25, -0.2) is 13.8 Å². The number of carbonyl (C=O) groups is 1. The number of nitrogens with zero attached hydrogens (tertiary/aromatic N) is 1. The molecular weight excluding hydrogens is 276 g/mol. The van der Waals surface area contributed by atoms with E-state index in [1.54, 1.807) is 13.0 Å². The van der Waals surface area contributed by atoms with Gasteiger partial charge in [-0.05, 0) is 43.2 Å². The number of nitrogens with one attached hydrogen (secondary N) is 1. The quantitative estimate of drug-likeness (QED) is 0.907. The van der Waals surface area contributed by atoms with Crippen LogP contribution in [0, 0.1) is 18.6 Å². The highest BCUT2D eigenvalue weighted by Crippen LogP contribution is 2.09. The minimum absolute atomic E-state index is 0.267. The van der Waals surface area contributed by atoms with Crippen LogP contribution in [0.1, 0.15) is 21.6 Å². The largest absolute Gasteiger partial charge is 0.384 e. The number of pyridine rings is 1. The average molecular weight is 291 g/mol. The SMILES string of the molecule is Cc1cc(C(=O)NCCc2cc(F)cc(F)c2)cc(N)n1. The van der Waals surface area contributed by atoms with Gasteiger partial charge in [-0.1, -0.05) is 0 Å². The summed E-state index contributed by atoms with van der Waals surface area (Å²) in [5.74, 6) is -1.29. The molecule has 1 aromatic carbocycles. The van der Waals surface area contributed by atoms with Crippen molar-refractivity contribution in [2.45, 2.75) is 13.3 Å². The van der Waals surface area contributed by atoms with Gasteiger partial charge in [0, 0.05) is 23.9 Å². The van der Waals surface area contributed by atoms with Gasteiger partial charge in [0.1, 0.15) is 17.5 Å². The molecule has 3 N–H and O–H groups in total. The minimum Gasteiger partial charge on any atom is -0.384 e. The second-order valence-electron chi connectivity index (χ2n) is 4.71. The number of aromatic nitrogens is 1. The second kappa shape index (κ2) is 6.30. The molecule has 110 valence electrons. The molecular formula is C15H15F2N3O. The van der Waals surface area contributed by atoms with Crippen LogP contribution in [0.2, 0.25) is 0 Å². The van der Waals surface area contributed by atoms with Crippen molar-refractivity contribution in [1.82, 2.24) is 10.3 Å². The van der Waals surface area contributed by atoms with Gasteiger partial charge in [0.25, 0.3) is 5.91 Å². The predicted molar refractivity (Wildman–Crippen MR) is 75.8 cm³/mol. The highest BCUT2D eigenvalue weighted by Gasteiger charge is 2.07. The molecule has 4 nitrogen and oxygen atoms in total. The van der Waals surface area contributed by atoms with Gasteiger partial charge in [-0.15, -0.1) is 0 Å². The lowest BCUT2D eigenvalue weighted by Gasteiger charge is -2.07. The van der Waals surface area contributed by atoms with Crippen molar-refractivity contribution >= 4 is 11.7 Å². The number of rotatable bonds is 4. The number of aryl methyl sites for hydroxylation is 1. The lowest BCUT2D eigenvalue weighted by atomic mass is 10.1. The van der Waals surface area contributed by atoms with Crippen LogP contribution in [0.3, 0.4) is 0 Å². The van der Waals surface area contributed by atoms with E-state index in [0.29, 0.717) is 23.2 Å². The summed E-state index contributed by atoms with van der Waals surface area (Å²) >= 11 is 0. The number of nitrogens with two attached hydrogens (primary N) is 1. The number of hydrogen-bond acceptors (Lipinski definition) is 3. The molecule has 0 aliphatic carbocycles. The lowest BCUT2D eigenvalue weighted by Crippen LogP contribution is -2.26. The van der Waals surface area contributed by atoms with Crippen LogP contribution in [0.15, 0.2) is 30.3 Å². The smallest absolute Gasteiger partial charge is 0.251 e. The molecule has 1 heterocycles. The fraction of sp³-hybridized carbons (Fsp3) is 0.200. The summed E-state index contributed by atoms with van der Waals surface area (Å²) in [7, 11) is 0. The van der Waals surface area contributed by atoms with Crippen molar-refractivity contribution < 1.29 is 13.6 Å². The molecule has 0 atom stereocenters. The zero-order valence-electron chi connectivity index (χ0n) is 11.5. The third-order valence-corrected chi connectivity index (χ3v) is 2.86. The third kappa shape index (κ3) is 4.24. The topological polar surface area (TPSA) is 68.0 Å². The molecule has 21 heavy (non-hydrogen) atoms. The van der Waals surface area contributed by atoms with Crippen molar-refractivity contribution in [3.63, 3.8) is 0 Å². The molecule has 1 amide bonds. The van der Waals surface area contributed by atoms with E-state index in [9.17, 15) is 13.6 Å². The zero-order valence-corrected chi connectivity index (χ0v) is 11.5. The standard InChI is InChI=1S/C15H15F2N3O/c1-9-4-11(7-14(18)20-9)15(21)19-3-2-10-5-12(16)8-13(17)6-10/h4-8H,2-3H2,1H3,(H2,18,20)(H,19,21). The van der Waals surface area contributed by atoms with Crippen LogP contribution in [-0.2, 0) is 6.42 Å². The van der Waals surface area contributed by atoms with Crippen molar-refractivity contribution in [3.8, 4) is 0 Å². The third-order valence-electron chi connectivity index (χ3n) is 2.86. The Morgan fingerprint density at radius 1 is 1.19 bits per heavy atom. The molecule has 2 rings (SSSR count). The first-order chi connectivity index (χ1) is 9.94. The number of hydrogen-bond donors (Lipinski definition) is 2. The maximum Gasteiger partial charge on any atom is 0.251 e. The van der Waals surface area contributed by atoms with E-state index in [1.807, 2.05) is 0 Å². The first kappa shape index (κ1) is 14.9. The van der Waals surface area contributed by atoms with Crippen LogP contribution >= 0.6 is 0 Å². The van der Waals surface area contributed by atoms with Gasteiger partial charge < -0.3 is 11.1 Å². The molecule has 0 unspecified atom stereocenters. The van der Waals surface area contributed by atoms with E-state index in [0.717, 1.165) is 6.07 Å². The van der Waals surface area contributed by atoms with Crippen LogP contribution < -0.4 is 11.1 Å². The molecule has 0 spiro atoms. The number of halogens is 2. The molecule has 0 saturated carbocycles. The molecule has 1 aromatic heterocycles. The lowest BCUT2D eigenvalue weighted by molar-refractivity contribution is 0.0954. The van der Waals surface area contributed by atoms with E-state index in [2.05, 4.69) is 10.3 Å². The Balaban J connectivity index is 1.95. The number of amides is 1. The number of benzene rings is 1. The minimum atomic E-state index is -0.631. The van der Waals surface area contributed by atoms with Crippen LogP contribution in [-0.4, -0.2) is 17.4 Å². The number of nitrogen functional groups attached to an aromatic ring is 1. The van der Waals surface area contributed by atoms with E-state index in [1.165, 1.54) is 18.2 Å². The maximum absolute atomic E-state index is 13.0. The molecule has 2 aromatic rings. The van der Waals surface area contributed by atoms with Gasteiger partial charge in [0.15, 0.2) is 0 Å². The Kier molecular flexibility index (Phi) is 4.47. The normalized spacial score (nSPS) is 10.4. The zero-order chi connectivity index (χ0) is 15.4. The molecule has 0 fully saturated rings. The Morgan fingerprint density at radius 3 is 2.48 bits per heavy atom. The molecule has 0 aliphatic heterocycles. The fourth-order valence-corrected chi connectivity index (χ4v) is 2.00. The summed E-state index contributed by atoms with van der Waals surface area (Å²) in [5, 5.41) is 2.67. The van der Waals surface area contributed by atoms with Crippen LogP contribution in [0.4, 0.5) is 14.6 Å². The summed E-state index contributed by atoms with van der Waals surface area (Å²) in [5.41, 5.74) is 7.11. The number of carbonyl (C=O) groups excluding carboxylic acids is 1. The van der Waals surface area contributed by atoms with Crippen LogP contribution in [0.5, 0.6) is 0 Å². The summed E-state index contributed by atoms with van der Waals surface area (Å²) < 4.78 is 26.0. The van der Waals surface area contributed by atoms with E-state index >= 15 is 0 Å². The molecule has 0 aliphatic rings. The number of anilines is 1. The van der Waals surface area contributed by atoms with Crippen molar-refractivity contribution in [3.05, 3.63) is 58.8 Å². The Bertz CT molecular complexity index is 633. The highest BCUT2D eigenvalue weighted by molar-refractivity contribution is 5.94. The summed E-state index contributed by atoms with van der Waals surface area (Å²) in [6, 6.07) is 6.38. The van der Waals surface area contributed by atoms with Gasteiger partial charge in [0.2, 0.25) is 0 Å². The van der Waals surface area contributed by atoms with Crippen molar-refractivity contribution in [2.24, 2.45) is 0 Å². The average Bonchev–Trinajstić information content (AvgIpc) is 2.36. The summed E-state index contributed by atoms with van der Waals surface area (Å²) in [6.45, 7) is 2.01. The molecule has 0 radical (unpaired) electrons.